The molecule has 0 radical (unpaired) electrons. The molecule has 136 valence electrons. The van der Waals surface area contributed by atoms with Gasteiger partial charge in [0, 0.05) is 12.1 Å². The molecule has 2 aromatic rings. The molecule has 0 aromatic heterocycles. The lowest BCUT2D eigenvalue weighted by atomic mass is 10.1. The zero-order valence-electron chi connectivity index (χ0n) is 14.1. The van der Waals surface area contributed by atoms with E-state index in [2.05, 4.69) is 5.32 Å². The van der Waals surface area contributed by atoms with Crippen LogP contribution in [-0.4, -0.2) is 30.5 Å². The van der Waals surface area contributed by atoms with Crippen molar-refractivity contribution in [1.29, 1.82) is 0 Å². The number of ether oxygens (including phenoxy) is 2. The minimum Gasteiger partial charge on any atom is -0.495 e. The van der Waals surface area contributed by atoms with Crippen LogP contribution in [0.15, 0.2) is 36.4 Å². The van der Waals surface area contributed by atoms with Crippen LogP contribution in [0.25, 0.3) is 0 Å². The number of nitro benzene ring substituents is 1. The van der Waals surface area contributed by atoms with E-state index in [1.54, 1.807) is 12.1 Å². The Morgan fingerprint density at radius 2 is 1.96 bits per heavy atom. The summed E-state index contributed by atoms with van der Waals surface area (Å²) in [4.78, 5) is 34.0. The summed E-state index contributed by atoms with van der Waals surface area (Å²) in [6.45, 7) is 1.30. The number of nitrogen functional groups attached to an aromatic ring is 1. The van der Waals surface area contributed by atoms with E-state index in [4.69, 9.17) is 15.2 Å². The number of non-ortho nitro benzene ring substituents is 1. The molecular formula is C17H17N3O6. The van der Waals surface area contributed by atoms with E-state index in [0.29, 0.717) is 11.4 Å². The van der Waals surface area contributed by atoms with Crippen LogP contribution in [0.2, 0.25) is 0 Å². The number of nitrogens with two attached hydrogens (primary N) is 1. The van der Waals surface area contributed by atoms with Gasteiger partial charge in [-0.3, -0.25) is 14.9 Å². The third-order valence-corrected chi connectivity index (χ3v) is 3.43. The molecule has 3 N–H and O–H groups in total. The van der Waals surface area contributed by atoms with E-state index in [1.165, 1.54) is 13.2 Å². The maximum absolute atomic E-state index is 12.0. The number of carbonyl (C=O) groups excluding carboxylic acids is 2. The second-order valence-corrected chi connectivity index (χ2v) is 5.36. The topological polar surface area (TPSA) is 134 Å². The first-order valence-corrected chi connectivity index (χ1v) is 7.47. The molecule has 0 fully saturated rings. The highest BCUT2D eigenvalue weighted by molar-refractivity contribution is 5.99. The largest absolute Gasteiger partial charge is 0.495 e. The van der Waals surface area contributed by atoms with Gasteiger partial charge in [0.25, 0.3) is 11.6 Å². The van der Waals surface area contributed by atoms with Crippen LogP contribution in [0, 0.1) is 17.0 Å². The summed E-state index contributed by atoms with van der Waals surface area (Å²) >= 11 is 0. The van der Waals surface area contributed by atoms with Crippen LogP contribution in [-0.2, 0) is 9.53 Å². The number of esters is 1. The molecule has 0 saturated carbocycles. The molecule has 0 aliphatic heterocycles. The maximum atomic E-state index is 12.0. The molecule has 1 amide bonds. The zero-order valence-corrected chi connectivity index (χ0v) is 14.1. The molecule has 0 unspecified atom stereocenters. The number of methoxy groups -OCH3 is 1. The SMILES string of the molecule is COc1ccc(C)cc1NC(=O)COC(=O)c1ccc([N+](=O)[O-])cc1N. The van der Waals surface area contributed by atoms with Gasteiger partial charge in [-0.2, -0.15) is 0 Å². The van der Waals surface area contributed by atoms with E-state index in [-0.39, 0.29) is 16.9 Å². The highest BCUT2D eigenvalue weighted by Crippen LogP contribution is 2.25. The predicted molar refractivity (Wildman–Crippen MR) is 94.2 cm³/mol. The van der Waals surface area contributed by atoms with E-state index >= 15 is 0 Å². The highest BCUT2D eigenvalue weighted by atomic mass is 16.6. The first-order chi connectivity index (χ1) is 12.3. The molecule has 0 saturated heterocycles. The number of nitrogens with zero attached hydrogens (tertiary/aromatic N) is 1. The number of benzene rings is 2. The van der Waals surface area contributed by atoms with E-state index in [9.17, 15) is 19.7 Å². The van der Waals surface area contributed by atoms with Crippen molar-refractivity contribution in [2.24, 2.45) is 0 Å². The Bertz CT molecular complexity index is 866. The van der Waals surface area contributed by atoms with Gasteiger partial charge in [-0.25, -0.2) is 4.79 Å². The smallest absolute Gasteiger partial charge is 0.340 e. The van der Waals surface area contributed by atoms with Crippen LogP contribution < -0.4 is 15.8 Å². The summed E-state index contributed by atoms with van der Waals surface area (Å²) in [6, 6.07) is 8.60. The monoisotopic (exact) mass is 359 g/mol. The van der Waals surface area contributed by atoms with Crippen molar-refractivity contribution in [1.82, 2.24) is 0 Å². The van der Waals surface area contributed by atoms with Gasteiger partial charge in [0.05, 0.1) is 29.0 Å². The second-order valence-electron chi connectivity index (χ2n) is 5.36. The lowest BCUT2D eigenvalue weighted by Gasteiger charge is -2.11. The number of aryl methyl sites for hydroxylation is 1. The fourth-order valence-corrected chi connectivity index (χ4v) is 2.16. The van der Waals surface area contributed by atoms with Gasteiger partial charge in [0.15, 0.2) is 6.61 Å². The van der Waals surface area contributed by atoms with E-state index < -0.39 is 23.4 Å². The number of rotatable bonds is 6. The quantitative estimate of drug-likeness (QED) is 0.350. The molecule has 9 nitrogen and oxygen atoms in total. The van der Waals surface area contributed by atoms with Crippen molar-refractivity contribution in [2.75, 3.05) is 24.8 Å². The average Bonchev–Trinajstić information content (AvgIpc) is 2.59. The van der Waals surface area contributed by atoms with Gasteiger partial charge in [-0.05, 0) is 30.7 Å². The second kappa shape index (κ2) is 7.97. The van der Waals surface area contributed by atoms with Crippen molar-refractivity contribution < 1.29 is 24.0 Å². The Hall–Kier alpha value is -3.62. The fraction of sp³-hybridized carbons (Fsp3) is 0.176. The van der Waals surface area contributed by atoms with Gasteiger partial charge < -0.3 is 20.5 Å². The fourth-order valence-electron chi connectivity index (χ4n) is 2.16. The molecule has 9 heteroatoms. The van der Waals surface area contributed by atoms with Crippen molar-refractivity contribution in [2.45, 2.75) is 6.92 Å². The van der Waals surface area contributed by atoms with Crippen LogP contribution >= 0.6 is 0 Å². The lowest BCUT2D eigenvalue weighted by molar-refractivity contribution is -0.384. The normalized spacial score (nSPS) is 10.1. The van der Waals surface area contributed by atoms with Crippen LogP contribution in [0.1, 0.15) is 15.9 Å². The molecule has 0 heterocycles. The zero-order chi connectivity index (χ0) is 19.3. The average molecular weight is 359 g/mol. The molecule has 2 rings (SSSR count). The summed E-state index contributed by atoms with van der Waals surface area (Å²) in [7, 11) is 1.47. The van der Waals surface area contributed by atoms with Gasteiger partial charge in [-0.15, -0.1) is 0 Å². The van der Waals surface area contributed by atoms with Gasteiger partial charge >= 0.3 is 5.97 Å². The van der Waals surface area contributed by atoms with Gasteiger partial charge in [0.2, 0.25) is 0 Å². The minimum absolute atomic E-state index is 0.0588. The minimum atomic E-state index is -0.858. The van der Waals surface area contributed by atoms with Crippen molar-refractivity contribution in [3.63, 3.8) is 0 Å². The highest BCUT2D eigenvalue weighted by Gasteiger charge is 2.17. The summed E-state index contributed by atoms with van der Waals surface area (Å²) in [5.41, 5.74) is 6.57. The maximum Gasteiger partial charge on any atom is 0.340 e. The van der Waals surface area contributed by atoms with Gasteiger partial charge in [-0.1, -0.05) is 6.07 Å². The van der Waals surface area contributed by atoms with Crippen molar-refractivity contribution in [3.8, 4) is 5.75 Å². The molecule has 0 spiro atoms. The molecule has 0 aliphatic carbocycles. The number of amides is 1. The summed E-state index contributed by atoms with van der Waals surface area (Å²) in [5, 5.41) is 13.3. The standard InChI is InChI=1S/C17H17N3O6/c1-10-3-6-15(25-2)14(7-10)19-16(21)9-26-17(22)12-5-4-11(20(23)24)8-13(12)18/h3-8H,9,18H2,1-2H3,(H,19,21). The Morgan fingerprint density at radius 1 is 1.23 bits per heavy atom. The Kier molecular flexibility index (Phi) is 5.74. The predicted octanol–water partition coefficient (Wildman–Crippen LogP) is 2.29. The third kappa shape index (κ3) is 4.47. The van der Waals surface area contributed by atoms with Crippen LogP contribution in [0.4, 0.5) is 17.1 Å². The summed E-state index contributed by atoms with van der Waals surface area (Å²) in [5.74, 6) is -0.957. The van der Waals surface area contributed by atoms with Crippen LogP contribution in [0.5, 0.6) is 5.75 Å². The van der Waals surface area contributed by atoms with E-state index in [0.717, 1.165) is 17.7 Å². The number of hydrogen-bond donors (Lipinski definition) is 2. The number of nitro groups is 1. The first kappa shape index (κ1) is 18.7. The Morgan fingerprint density at radius 3 is 2.58 bits per heavy atom. The Balaban J connectivity index is 2.00. The number of carbonyl (C=O) groups is 2. The molecule has 0 aliphatic rings. The summed E-state index contributed by atoms with van der Waals surface area (Å²) in [6.07, 6.45) is 0. The molecule has 2 aromatic carbocycles. The van der Waals surface area contributed by atoms with Crippen LogP contribution in [0.3, 0.4) is 0 Å². The van der Waals surface area contributed by atoms with E-state index in [1.807, 2.05) is 13.0 Å². The third-order valence-electron chi connectivity index (χ3n) is 3.43. The molecule has 0 atom stereocenters. The number of hydrogen-bond acceptors (Lipinski definition) is 7. The van der Waals surface area contributed by atoms with Crippen molar-refractivity contribution in [3.05, 3.63) is 57.6 Å². The summed E-state index contributed by atoms with van der Waals surface area (Å²) < 4.78 is 10.1. The Labute approximate surface area is 148 Å². The molecular weight excluding hydrogens is 342 g/mol. The molecule has 26 heavy (non-hydrogen) atoms. The molecule has 0 bridgehead atoms. The van der Waals surface area contributed by atoms with Crippen molar-refractivity contribution >= 4 is 28.9 Å². The number of anilines is 2. The first-order valence-electron chi connectivity index (χ1n) is 7.47. The lowest BCUT2D eigenvalue weighted by Crippen LogP contribution is -2.21. The van der Waals surface area contributed by atoms with Gasteiger partial charge in [0.1, 0.15) is 5.75 Å². The number of nitrogens with one attached hydrogen (secondary N) is 1.